The van der Waals surface area contributed by atoms with Gasteiger partial charge in [0.1, 0.15) is 24.1 Å². The Labute approximate surface area is 107 Å². The third kappa shape index (κ3) is 2.46. The van der Waals surface area contributed by atoms with E-state index >= 15 is 0 Å². The number of nitrogens with zero attached hydrogens (tertiary/aromatic N) is 3. The summed E-state index contributed by atoms with van der Waals surface area (Å²) in [7, 11) is 0. The van der Waals surface area contributed by atoms with Crippen molar-refractivity contribution in [2.75, 3.05) is 0 Å². The van der Waals surface area contributed by atoms with Crippen LogP contribution >= 0.6 is 0 Å². The molecule has 0 radical (unpaired) electrons. The Morgan fingerprint density at radius 3 is 2.32 bits per heavy atom. The fourth-order valence-electron chi connectivity index (χ4n) is 1.85. The zero-order valence-corrected chi connectivity index (χ0v) is 10.2. The second-order valence-electron chi connectivity index (χ2n) is 3.99. The van der Waals surface area contributed by atoms with Crippen molar-refractivity contribution in [1.82, 2.24) is 14.8 Å². The average Bonchev–Trinajstić information content (AvgIpc) is 2.72. The molecular formula is C12H12F3N3O. The van der Waals surface area contributed by atoms with Gasteiger partial charge in [0, 0.05) is 18.7 Å². The Bertz CT molecular complexity index is 575. The van der Waals surface area contributed by atoms with Crippen LogP contribution < -0.4 is 0 Å². The second-order valence-corrected chi connectivity index (χ2v) is 3.99. The van der Waals surface area contributed by atoms with Gasteiger partial charge < -0.3 is 9.67 Å². The summed E-state index contributed by atoms with van der Waals surface area (Å²) in [5, 5.41) is 16.5. The summed E-state index contributed by atoms with van der Waals surface area (Å²) in [5.74, 6) is -2.94. The molecule has 0 amide bonds. The predicted octanol–water partition coefficient (Wildman–Crippen LogP) is 2.26. The molecule has 102 valence electrons. The Hall–Kier alpha value is -1.89. The minimum Gasteiger partial charge on any atom is -0.388 e. The quantitative estimate of drug-likeness (QED) is 0.928. The highest BCUT2D eigenvalue weighted by Gasteiger charge is 2.21. The summed E-state index contributed by atoms with van der Waals surface area (Å²) in [6, 6.07) is 1.17. The van der Waals surface area contributed by atoms with E-state index in [4.69, 9.17) is 5.11 Å². The van der Waals surface area contributed by atoms with Crippen LogP contribution in [0, 0.1) is 17.5 Å². The van der Waals surface area contributed by atoms with Gasteiger partial charge in [-0.2, -0.15) is 0 Å². The lowest BCUT2D eigenvalue weighted by Crippen LogP contribution is -2.07. The van der Waals surface area contributed by atoms with Crippen molar-refractivity contribution in [3.63, 3.8) is 0 Å². The van der Waals surface area contributed by atoms with Gasteiger partial charge in [-0.1, -0.05) is 6.92 Å². The van der Waals surface area contributed by atoms with E-state index in [2.05, 4.69) is 10.2 Å². The number of rotatable bonds is 4. The smallest absolute Gasteiger partial charge is 0.169 e. The molecule has 7 heteroatoms. The van der Waals surface area contributed by atoms with Gasteiger partial charge in [-0.25, -0.2) is 13.2 Å². The van der Waals surface area contributed by atoms with Crippen molar-refractivity contribution in [3.05, 3.63) is 35.4 Å². The van der Waals surface area contributed by atoms with Crippen LogP contribution in [0.1, 0.15) is 19.2 Å². The molecule has 1 aromatic carbocycles. The Morgan fingerprint density at radius 2 is 1.79 bits per heavy atom. The Morgan fingerprint density at radius 1 is 1.16 bits per heavy atom. The van der Waals surface area contributed by atoms with Crippen molar-refractivity contribution in [2.24, 2.45) is 0 Å². The van der Waals surface area contributed by atoms with E-state index in [1.165, 1.54) is 4.57 Å². The van der Waals surface area contributed by atoms with Gasteiger partial charge in [0.2, 0.25) is 0 Å². The SMILES string of the molecule is CCCn1c(CO)nnc1-c1c(F)cc(F)cc1F. The maximum Gasteiger partial charge on any atom is 0.169 e. The van der Waals surface area contributed by atoms with Crippen molar-refractivity contribution in [3.8, 4) is 11.4 Å². The lowest BCUT2D eigenvalue weighted by molar-refractivity contribution is 0.264. The highest BCUT2D eigenvalue weighted by molar-refractivity contribution is 5.57. The summed E-state index contributed by atoms with van der Waals surface area (Å²) in [6.45, 7) is 1.87. The molecule has 0 aliphatic heterocycles. The van der Waals surface area contributed by atoms with Crippen LogP contribution in [0.3, 0.4) is 0 Å². The number of aliphatic hydroxyl groups excluding tert-OH is 1. The van der Waals surface area contributed by atoms with E-state index in [1.54, 1.807) is 0 Å². The highest BCUT2D eigenvalue weighted by Crippen LogP contribution is 2.26. The first-order chi connectivity index (χ1) is 9.08. The van der Waals surface area contributed by atoms with Crippen LogP contribution in [0.2, 0.25) is 0 Å². The van der Waals surface area contributed by atoms with E-state index < -0.39 is 29.6 Å². The molecule has 0 bridgehead atoms. The Kier molecular flexibility index (Phi) is 3.84. The van der Waals surface area contributed by atoms with Crippen molar-refractivity contribution < 1.29 is 18.3 Å². The van der Waals surface area contributed by atoms with Crippen molar-refractivity contribution >= 4 is 0 Å². The van der Waals surface area contributed by atoms with Gasteiger partial charge in [0.15, 0.2) is 11.6 Å². The summed E-state index contributed by atoms with van der Waals surface area (Å²) >= 11 is 0. The molecule has 0 unspecified atom stereocenters. The van der Waals surface area contributed by atoms with Crippen LogP contribution in [0.4, 0.5) is 13.2 Å². The monoisotopic (exact) mass is 271 g/mol. The number of hydrogen-bond donors (Lipinski definition) is 1. The second kappa shape index (κ2) is 5.40. The van der Waals surface area contributed by atoms with E-state index in [0.717, 1.165) is 0 Å². The molecule has 1 heterocycles. The maximum absolute atomic E-state index is 13.7. The number of benzene rings is 1. The first-order valence-electron chi connectivity index (χ1n) is 5.76. The first-order valence-corrected chi connectivity index (χ1v) is 5.76. The normalized spacial score (nSPS) is 11.0. The lowest BCUT2D eigenvalue weighted by Gasteiger charge is -2.09. The van der Waals surface area contributed by atoms with Gasteiger partial charge in [0.25, 0.3) is 0 Å². The number of halogens is 3. The fourth-order valence-corrected chi connectivity index (χ4v) is 1.85. The molecule has 0 saturated carbocycles. The lowest BCUT2D eigenvalue weighted by atomic mass is 10.1. The van der Waals surface area contributed by atoms with Gasteiger partial charge in [-0.05, 0) is 6.42 Å². The molecular weight excluding hydrogens is 259 g/mol. The zero-order valence-electron chi connectivity index (χ0n) is 10.2. The third-order valence-electron chi connectivity index (χ3n) is 2.65. The molecule has 2 aromatic rings. The fraction of sp³-hybridized carbons (Fsp3) is 0.333. The van der Waals surface area contributed by atoms with Gasteiger partial charge >= 0.3 is 0 Å². The summed E-state index contributed by atoms with van der Waals surface area (Å²) in [6.07, 6.45) is 0.669. The minimum atomic E-state index is -1.05. The van der Waals surface area contributed by atoms with Crippen LogP contribution in [0.25, 0.3) is 11.4 Å². The molecule has 1 aromatic heterocycles. The molecule has 1 N–H and O–H groups in total. The molecule has 0 spiro atoms. The molecule has 19 heavy (non-hydrogen) atoms. The van der Waals surface area contributed by atoms with Gasteiger partial charge in [-0.3, -0.25) is 0 Å². The number of aromatic nitrogens is 3. The third-order valence-corrected chi connectivity index (χ3v) is 2.65. The standard InChI is InChI=1S/C12H12F3N3O/c1-2-3-18-10(6-19)16-17-12(18)11-8(14)4-7(13)5-9(11)15/h4-5,19H,2-3,6H2,1H3. The zero-order chi connectivity index (χ0) is 14.0. The van der Waals surface area contributed by atoms with Gasteiger partial charge in [-0.15, -0.1) is 10.2 Å². The average molecular weight is 271 g/mol. The molecule has 0 aliphatic rings. The van der Waals surface area contributed by atoms with Crippen LogP contribution in [0.15, 0.2) is 12.1 Å². The summed E-state index contributed by atoms with van der Waals surface area (Å²) in [4.78, 5) is 0. The number of hydrogen-bond acceptors (Lipinski definition) is 3. The molecule has 0 atom stereocenters. The molecule has 0 aliphatic carbocycles. The highest BCUT2D eigenvalue weighted by atomic mass is 19.1. The van der Waals surface area contributed by atoms with E-state index in [-0.39, 0.29) is 11.6 Å². The maximum atomic E-state index is 13.7. The molecule has 4 nitrogen and oxygen atoms in total. The predicted molar refractivity (Wildman–Crippen MR) is 61.5 cm³/mol. The first kappa shape index (κ1) is 13.5. The van der Waals surface area contributed by atoms with Crippen LogP contribution in [-0.4, -0.2) is 19.9 Å². The summed E-state index contributed by atoms with van der Waals surface area (Å²) in [5.41, 5.74) is -0.443. The van der Waals surface area contributed by atoms with Gasteiger partial charge in [0.05, 0.1) is 5.56 Å². The molecule has 0 fully saturated rings. The number of aliphatic hydroxyl groups is 1. The van der Waals surface area contributed by atoms with Crippen LogP contribution in [-0.2, 0) is 13.2 Å². The minimum absolute atomic E-state index is 0.0547. The molecule has 2 rings (SSSR count). The van der Waals surface area contributed by atoms with E-state index in [0.29, 0.717) is 25.1 Å². The van der Waals surface area contributed by atoms with E-state index in [9.17, 15) is 13.2 Å². The van der Waals surface area contributed by atoms with E-state index in [1.807, 2.05) is 6.92 Å². The largest absolute Gasteiger partial charge is 0.388 e. The van der Waals surface area contributed by atoms with Crippen molar-refractivity contribution in [2.45, 2.75) is 26.5 Å². The van der Waals surface area contributed by atoms with Crippen molar-refractivity contribution in [1.29, 1.82) is 0 Å². The Balaban J connectivity index is 2.62. The topological polar surface area (TPSA) is 50.9 Å². The van der Waals surface area contributed by atoms with Crippen LogP contribution in [0.5, 0.6) is 0 Å². The summed E-state index contributed by atoms with van der Waals surface area (Å²) < 4.78 is 41.7. The molecule has 0 saturated heterocycles.